The standard InChI is InChI=1S/C27H27NO4/c1-17-7-9-19(10-8-17)24(29)22-23(18-11-13-20(14-12-18)27(2,3)4)28(26(31)25(22)30)16-21-6-5-15-32-21/h5-15,23,29H,16H2,1-4H3/t23-/m1/s1. The van der Waals surface area contributed by atoms with E-state index in [1.807, 2.05) is 43.3 Å². The summed E-state index contributed by atoms with van der Waals surface area (Å²) >= 11 is 0. The molecule has 1 aromatic heterocycles. The summed E-state index contributed by atoms with van der Waals surface area (Å²) in [5.74, 6) is -0.951. The molecule has 164 valence electrons. The van der Waals surface area contributed by atoms with E-state index in [4.69, 9.17) is 4.42 Å². The number of benzene rings is 2. The first kappa shape index (κ1) is 21.6. The number of ketones is 1. The number of Topliss-reactive ketones (excluding diaryl/α,β-unsaturated/α-hetero) is 1. The number of carbonyl (C=O) groups is 2. The molecule has 1 aliphatic rings. The van der Waals surface area contributed by atoms with E-state index in [1.165, 1.54) is 11.2 Å². The second-order valence-electron chi connectivity index (χ2n) is 9.24. The summed E-state index contributed by atoms with van der Waals surface area (Å²) in [6, 6.07) is 17.9. The summed E-state index contributed by atoms with van der Waals surface area (Å²) in [6.07, 6.45) is 1.53. The summed E-state index contributed by atoms with van der Waals surface area (Å²) in [4.78, 5) is 27.6. The molecule has 0 radical (unpaired) electrons. The summed E-state index contributed by atoms with van der Waals surface area (Å²) in [6.45, 7) is 8.46. The van der Waals surface area contributed by atoms with E-state index >= 15 is 0 Å². The summed E-state index contributed by atoms with van der Waals surface area (Å²) < 4.78 is 5.44. The van der Waals surface area contributed by atoms with Crippen molar-refractivity contribution in [1.29, 1.82) is 0 Å². The van der Waals surface area contributed by atoms with Crippen molar-refractivity contribution >= 4 is 17.4 Å². The van der Waals surface area contributed by atoms with Gasteiger partial charge in [-0.05, 0) is 35.6 Å². The lowest BCUT2D eigenvalue weighted by Gasteiger charge is -2.26. The van der Waals surface area contributed by atoms with E-state index in [0.29, 0.717) is 11.3 Å². The quantitative estimate of drug-likeness (QED) is 0.337. The first-order valence-electron chi connectivity index (χ1n) is 10.6. The highest BCUT2D eigenvalue weighted by atomic mass is 16.3. The van der Waals surface area contributed by atoms with Gasteiger partial charge in [0, 0.05) is 5.56 Å². The molecule has 2 aromatic carbocycles. The van der Waals surface area contributed by atoms with Crippen LogP contribution in [0.2, 0.25) is 0 Å². The van der Waals surface area contributed by atoms with Crippen LogP contribution in [0.5, 0.6) is 0 Å². The van der Waals surface area contributed by atoms with Crippen LogP contribution in [0.3, 0.4) is 0 Å². The highest BCUT2D eigenvalue weighted by Crippen LogP contribution is 2.40. The molecule has 0 bridgehead atoms. The Morgan fingerprint density at radius 3 is 2.22 bits per heavy atom. The van der Waals surface area contributed by atoms with E-state index in [9.17, 15) is 14.7 Å². The summed E-state index contributed by atoms with van der Waals surface area (Å²) in [7, 11) is 0. The molecule has 5 heteroatoms. The topological polar surface area (TPSA) is 70.8 Å². The second kappa shape index (κ2) is 8.15. The zero-order valence-electron chi connectivity index (χ0n) is 18.8. The van der Waals surface area contributed by atoms with Crippen molar-refractivity contribution in [3.8, 4) is 0 Å². The highest BCUT2D eigenvalue weighted by Gasteiger charge is 2.46. The molecule has 1 fully saturated rings. The number of hydrogen-bond acceptors (Lipinski definition) is 4. The van der Waals surface area contributed by atoms with Gasteiger partial charge < -0.3 is 14.4 Å². The molecular formula is C27H27NO4. The van der Waals surface area contributed by atoms with Gasteiger partial charge in [0.25, 0.3) is 11.7 Å². The van der Waals surface area contributed by atoms with Crippen LogP contribution in [0, 0.1) is 6.92 Å². The Balaban J connectivity index is 1.85. The molecular weight excluding hydrogens is 402 g/mol. The maximum absolute atomic E-state index is 13.1. The van der Waals surface area contributed by atoms with Crippen LogP contribution >= 0.6 is 0 Å². The van der Waals surface area contributed by atoms with Crippen LogP contribution in [-0.4, -0.2) is 21.7 Å². The molecule has 1 N–H and O–H groups in total. The molecule has 1 aliphatic heterocycles. The fourth-order valence-corrected chi connectivity index (χ4v) is 3.99. The number of furan rings is 1. The predicted octanol–water partition coefficient (Wildman–Crippen LogP) is 5.51. The minimum Gasteiger partial charge on any atom is -0.507 e. The molecule has 32 heavy (non-hydrogen) atoms. The zero-order chi connectivity index (χ0) is 23.0. The number of amides is 1. The minimum atomic E-state index is -0.713. The van der Waals surface area contributed by atoms with Crippen molar-refractivity contribution in [2.75, 3.05) is 0 Å². The smallest absolute Gasteiger partial charge is 0.296 e. The fraction of sp³-hybridized carbons (Fsp3) is 0.259. The van der Waals surface area contributed by atoms with E-state index in [-0.39, 0.29) is 23.3 Å². The minimum absolute atomic E-state index is 0.0313. The van der Waals surface area contributed by atoms with Crippen LogP contribution in [0.4, 0.5) is 0 Å². The van der Waals surface area contributed by atoms with Gasteiger partial charge in [0.05, 0.1) is 24.4 Å². The molecule has 3 aromatic rings. The van der Waals surface area contributed by atoms with Gasteiger partial charge in [-0.25, -0.2) is 0 Å². The first-order chi connectivity index (χ1) is 15.2. The van der Waals surface area contributed by atoms with Gasteiger partial charge in [0.1, 0.15) is 11.5 Å². The molecule has 1 amide bonds. The zero-order valence-corrected chi connectivity index (χ0v) is 18.8. The Hall–Kier alpha value is -3.60. The highest BCUT2D eigenvalue weighted by molar-refractivity contribution is 6.46. The van der Waals surface area contributed by atoms with E-state index < -0.39 is 17.7 Å². The van der Waals surface area contributed by atoms with E-state index in [2.05, 4.69) is 20.8 Å². The lowest BCUT2D eigenvalue weighted by Crippen LogP contribution is -2.29. The number of aryl methyl sites for hydroxylation is 1. The second-order valence-corrected chi connectivity index (χ2v) is 9.24. The molecule has 5 nitrogen and oxygen atoms in total. The first-order valence-corrected chi connectivity index (χ1v) is 10.6. The molecule has 4 rings (SSSR count). The largest absolute Gasteiger partial charge is 0.507 e. The van der Waals surface area contributed by atoms with Gasteiger partial charge in [0.2, 0.25) is 0 Å². The maximum Gasteiger partial charge on any atom is 0.296 e. The Kier molecular flexibility index (Phi) is 5.51. The predicted molar refractivity (Wildman–Crippen MR) is 123 cm³/mol. The van der Waals surface area contributed by atoms with Crippen molar-refractivity contribution in [2.24, 2.45) is 0 Å². The molecule has 1 saturated heterocycles. The fourth-order valence-electron chi connectivity index (χ4n) is 3.99. The van der Waals surface area contributed by atoms with Crippen LogP contribution in [-0.2, 0) is 21.5 Å². The van der Waals surface area contributed by atoms with Gasteiger partial charge in [-0.15, -0.1) is 0 Å². The SMILES string of the molecule is Cc1ccc(C(O)=C2C(=O)C(=O)N(Cc3ccco3)[C@@H]2c2ccc(C(C)(C)C)cc2)cc1. The number of hydrogen-bond donors (Lipinski definition) is 1. The van der Waals surface area contributed by atoms with Crippen molar-refractivity contribution in [3.63, 3.8) is 0 Å². The lowest BCUT2D eigenvalue weighted by molar-refractivity contribution is -0.140. The molecule has 0 unspecified atom stereocenters. The summed E-state index contributed by atoms with van der Waals surface area (Å²) in [5.41, 5.74) is 3.50. The average molecular weight is 430 g/mol. The number of rotatable bonds is 4. The van der Waals surface area contributed by atoms with Gasteiger partial charge >= 0.3 is 0 Å². The molecule has 1 atom stereocenters. The number of nitrogens with zero attached hydrogens (tertiary/aromatic N) is 1. The molecule has 0 spiro atoms. The monoisotopic (exact) mass is 429 g/mol. The lowest BCUT2D eigenvalue weighted by atomic mass is 9.85. The van der Waals surface area contributed by atoms with Crippen molar-refractivity contribution in [3.05, 3.63) is 101 Å². The number of aliphatic hydroxyl groups is 1. The summed E-state index contributed by atoms with van der Waals surface area (Å²) in [5, 5.41) is 11.1. The van der Waals surface area contributed by atoms with Gasteiger partial charge in [-0.3, -0.25) is 9.59 Å². The Labute approximate surface area is 188 Å². The van der Waals surface area contributed by atoms with Gasteiger partial charge in [-0.2, -0.15) is 0 Å². The third-order valence-corrected chi connectivity index (χ3v) is 5.86. The Bertz CT molecular complexity index is 1160. The van der Waals surface area contributed by atoms with Gasteiger partial charge in [0.15, 0.2) is 0 Å². The molecule has 2 heterocycles. The van der Waals surface area contributed by atoms with Crippen molar-refractivity contribution < 1.29 is 19.1 Å². The third-order valence-electron chi connectivity index (χ3n) is 5.86. The number of carbonyl (C=O) groups excluding carboxylic acids is 2. The number of likely N-dealkylation sites (tertiary alicyclic amines) is 1. The molecule has 0 saturated carbocycles. The van der Waals surface area contributed by atoms with Crippen LogP contribution in [0.15, 0.2) is 76.9 Å². The number of aliphatic hydroxyl groups excluding tert-OH is 1. The molecule has 0 aliphatic carbocycles. The van der Waals surface area contributed by atoms with Crippen LogP contribution < -0.4 is 0 Å². The maximum atomic E-state index is 13.1. The van der Waals surface area contributed by atoms with Crippen molar-refractivity contribution in [1.82, 2.24) is 4.90 Å². The van der Waals surface area contributed by atoms with E-state index in [1.54, 1.807) is 24.3 Å². The Morgan fingerprint density at radius 1 is 1.00 bits per heavy atom. The average Bonchev–Trinajstić information content (AvgIpc) is 3.36. The Morgan fingerprint density at radius 2 is 1.66 bits per heavy atom. The van der Waals surface area contributed by atoms with Gasteiger partial charge in [-0.1, -0.05) is 74.9 Å². The van der Waals surface area contributed by atoms with Crippen molar-refractivity contribution in [2.45, 2.75) is 45.7 Å². The van der Waals surface area contributed by atoms with Crippen LogP contribution in [0.1, 0.15) is 54.8 Å². The third kappa shape index (κ3) is 3.98. The van der Waals surface area contributed by atoms with E-state index in [0.717, 1.165) is 16.7 Å². The normalized spacial score (nSPS) is 18.4. The van der Waals surface area contributed by atoms with Crippen LogP contribution in [0.25, 0.3) is 5.76 Å².